The maximum Gasteiger partial charge on any atom is 0.305 e. The molecule has 0 atom stereocenters. The highest BCUT2D eigenvalue weighted by Crippen LogP contribution is 2.26. The Morgan fingerprint density at radius 2 is 2.12 bits per heavy atom. The second-order valence-corrected chi connectivity index (χ2v) is 2.74. The first kappa shape index (κ1) is 8.17. The third-order valence-electron chi connectivity index (χ3n) is 0.593. The van der Waals surface area contributed by atoms with Gasteiger partial charge in [-0.15, -0.1) is 0 Å². The van der Waals surface area contributed by atoms with Crippen LogP contribution >= 0.6 is 11.8 Å². The quantitative estimate of drug-likeness (QED) is 0.641. The predicted molar refractivity (Wildman–Crippen MR) is 32.1 cm³/mol. The van der Waals surface area contributed by atoms with E-state index in [0.29, 0.717) is 17.5 Å². The van der Waals surface area contributed by atoms with Gasteiger partial charge in [0.25, 0.3) is 0 Å². The normalized spacial score (nSPS) is 12.0. The van der Waals surface area contributed by atoms with Gasteiger partial charge in [-0.3, -0.25) is 0 Å². The molecular formula is C4H9F2NS. The minimum Gasteiger partial charge on any atom is -0.324 e. The Balaban J connectivity index is 3.37. The van der Waals surface area contributed by atoms with Crippen molar-refractivity contribution in [1.29, 1.82) is 0 Å². The van der Waals surface area contributed by atoms with Gasteiger partial charge in [-0.25, -0.2) is 0 Å². The highest BCUT2D eigenvalue weighted by Gasteiger charge is 2.25. The smallest absolute Gasteiger partial charge is 0.305 e. The number of nitrogens with two attached hydrogens (primary N) is 1. The third-order valence-corrected chi connectivity index (χ3v) is 1.47. The first-order chi connectivity index (χ1) is 3.62. The molecule has 0 saturated carbocycles. The van der Waals surface area contributed by atoms with Crippen molar-refractivity contribution in [3.63, 3.8) is 0 Å². The maximum atomic E-state index is 12.0. The zero-order valence-electron chi connectivity index (χ0n) is 4.66. The highest BCUT2D eigenvalue weighted by atomic mass is 32.2. The van der Waals surface area contributed by atoms with Gasteiger partial charge in [-0.1, -0.05) is 18.7 Å². The van der Waals surface area contributed by atoms with Crippen LogP contribution in [0.5, 0.6) is 0 Å². The summed E-state index contributed by atoms with van der Waals surface area (Å²) < 4.78 is 24.0. The second kappa shape index (κ2) is 3.25. The van der Waals surface area contributed by atoms with Crippen molar-refractivity contribution in [3.05, 3.63) is 0 Å². The summed E-state index contributed by atoms with van der Waals surface area (Å²) in [6.45, 7) is 1.11. The van der Waals surface area contributed by atoms with Crippen molar-refractivity contribution < 1.29 is 8.78 Å². The molecule has 0 aromatic carbocycles. The fourth-order valence-electron chi connectivity index (χ4n) is 0.270. The number of rotatable bonds is 3. The Kier molecular flexibility index (Phi) is 3.31. The van der Waals surface area contributed by atoms with Crippen LogP contribution in [-0.4, -0.2) is 17.6 Å². The van der Waals surface area contributed by atoms with Crippen molar-refractivity contribution in [1.82, 2.24) is 0 Å². The van der Waals surface area contributed by atoms with Gasteiger partial charge in [0.1, 0.15) is 0 Å². The van der Waals surface area contributed by atoms with Crippen LogP contribution in [-0.2, 0) is 0 Å². The van der Waals surface area contributed by atoms with Crippen LogP contribution in [0.15, 0.2) is 0 Å². The molecule has 0 aliphatic carbocycles. The van der Waals surface area contributed by atoms with E-state index >= 15 is 0 Å². The molecule has 0 bridgehead atoms. The largest absolute Gasteiger partial charge is 0.324 e. The average molecular weight is 141 g/mol. The van der Waals surface area contributed by atoms with Crippen molar-refractivity contribution in [2.45, 2.75) is 12.2 Å². The summed E-state index contributed by atoms with van der Waals surface area (Å²) in [5.41, 5.74) is 4.72. The maximum absolute atomic E-state index is 12.0. The van der Waals surface area contributed by atoms with E-state index in [4.69, 9.17) is 5.73 Å². The fraction of sp³-hybridized carbons (Fsp3) is 1.00. The van der Waals surface area contributed by atoms with Crippen LogP contribution in [0.4, 0.5) is 8.78 Å². The Labute approximate surface area is 51.6 Å². The standard InChI is InChI=1S/C4H9F2NS/c1-2-8-4(5,6)3-7/h2-3,7H2,1H3. The second-order valence-electron chi connectivity index (χ2n) is 1.27. The number of halogens is 2. The minimum absolute atomic E-state index is 0.407. The Morgan fingerprint density at radius 3 is 2.25 bits per heavy atom. The number of alkyl halides is 2. The summed E-state index contributed by atoms with van der Waals surface area (Å²) in [7, 11) is 0. The van der Waals surface area contributed by atoms with Gasteiger partial charge < -0.3 is 5.73 Å². The van der Waals surface area contributed by atoms with E-state index in [1.54, 1.807) is 6.92 Å². The molecule has 0 fully saturated rings. The molecule has 0 rings (SSSR count). The monoisotopic (exact) mass is 141 g/mol. The summed E-state index contributed by atoms with van der Waals surface area (Å²) in [5.74, 6) is 0.407. The van der Waals surface area contributed by atoms with Crippen molar-refractivity contribution in [2.75, 3.05) is 12.3 Å². The molecule has 0 amide bonds. The molecule has 0 heterocycles. The van der Waals surface area contributed by atoms with Crippen LogP contribution in [0, 0.1) is 0 Å². The topological polar surface area (TPSA) is 26.0 Å². The molecule has 8 heavy (non-hydrogen) atoms. The molecule has 0 aliphatic heterocycles. The van der Waals surface area contributed by atoms with Gasteiger partial charge in [0.15, 0.2) is 0 Å². The van der Waals surface area contributed by atoms with E-state index in [1.807, 2.05) is 0 Å². The summed E-state index contributed by atoms with van der Waals surface area (Å²) >= 11 is 0.575. The Morgan fingerprint density at radius 1 is 1.62 bits per heavy atom. The van der Waals surface area contributed by atoms with Crippen LogP contribution in [0.3, 0.4) is 0 Å². The minimum atomic E-state index is -2.71. The molecule has 0 aromatic rings. The van der Waals surface area contributed by atoms with Gasteiger partial charge in [-0.2, -0.15) is 8.78 Å². The molecule has 0 aliphatic rings. The van der Waals surface area contributed by atoms with E-state index in [1.165, 1.54) is 0 Å². The molecular weight excluding hydrogens is 132 g/mol. The Hall–Kier alpha value is 0.170. The molecule has 2 N–H and O–H groups in total. The van der Waals surface area contributed by atoms with Crippen LogP contribution in [0.25, 0.3) is 0 Å². The molecule has 1 nitrogen and oxygen atoms in total. The van der Waals surface area contributed by atoms with E-state index in [0.717, 1.165) is 0 Å². The van der Waals surface area contributed by atoms with Gasteiger partial charge in [-0.05, 0) is 5.75 Å². The lowest BCUT2D eigenvalue weighted by Crippen LogP contribution is -2.23. The SMILES string of the molecule is CCSC(F)(F)CN. The zero-order valence-corrected chi connectivity index (χ0v) is 5.47. The van der Waals surface area contributed by atoms with E-state index in [9.17, 15) is 8.78 Å². The van der Waals surface area contributed by atoms with Crippen molar-refractivity contribution in [3.8, 4) is 0 Å². The molecule has 0 unspecified atom stereocenters. The van der Waals surface area contributed by atoms with Gasteiger partial charge in [0.05, 0.1) is 6.54 Å². The van der Waals surface area contributed by atoms with Crippen LogP contribution < -0.4 is 5.73 Å². The molecule has 0 saturated heterocycles. The molecule has 4 heteroatoms. The highest BCUT2D eigenvalue weighted by molar-refractivity contribution is 8.00. The Bertz CT molecular complexity index is 67.1. The lowest BCUT2D eigenvalue weighted by Gasteiger charge is -2.09. The first-order valence-electron chi connectivity index (χ1n) is 2.34. The zero-order chi connectivity index (χ0) is 6.62. The van der Waals surface area contributed by atoms with E-state index in [-0.39, 0.29) is 0 Å². The molecule has 0 radical (unpaired) electrons. The summed E-state index contributed by atoms with van der Waals surface area (Å²) in [4.78, 5) is 0. The van der Waals surface area contributed by atoms with Crippen LogP contribution in [0.2, 0.25) is 0 Å². The van der Waals surface area contributed by atoms with E-state index in [2.05, 4.69) is 0 Å². The molecule has 0 aromatic heterocycles. The van der Waals surface area contributed by atoms with Crippen molar-refractivity contribution >= 4 is 11.8 Å². The number of hydrogen-bond donors (Lipinski definition) is 1. The summed E-state index contributed by atoms with van der Waals surface area (Å²) in [5, 5.41) is -2.71. The predicted octanol–water partition coefficient (Wildman–Crippen LogP) is 1.29. The third kappa shape index (κ3) is 3.21. The summed E-state index contributed by atoms with van der Waals surface area (Å²) in [6.07, 6.45) is 0. The van der Waals surface area contributed by atoms with Gasteiger partial charge >= 0.3 is 5.25 Å². The number of hydrogen-bond acceptors (Lipinski definition) is 2. The van der Waals surface area contributed by atoms with E-state index < -0.39 is 11.8 Å². The first-order valence-corrected chi connectivity index (χ1v) is 3.33. The lowest BCUT2D eigenvalue weighted by molar-refractivity contribution is 0.116. The van der Waals surface area contributed by atoms with Gasteiger partial charge in [0.2, 0.25) is 0 Å². The summed E-state index contributed by atoms with van der Waals surface area (Å²) in [6, 6.07) is 0. The molecule has 0 spiro atoms. The lowest BCUT2D eigenvalue weighted by atomic mass is 10.7. The fourth-order valence-corrected chi connectivity index (χ4v) is 0.810. The van der Waals surface area contributed by atoms with Gasteiger partial charge in [0, 0.05) is 0 Å². The molecule has 50 valence electrons. The number of thioether (sulfide) groups is 1. The van der Waals surface area contributed by atoms with Crippen molar-refractivity contribution in [2.24, 2.45) is 5.73 Å². The average Bonchev–Trinajstić information content (AvgIpc) is 1.67. The van der Waals surface area contributed by atoms with Crippen LogP contribution in [0.1, 0.15) is 6.92 Å².